The highest BCUT2D eigenvalue weighted by molar-refractivity contribution is 5.14. The van der Waals surface area contributed by atoms with Crippen LogP contribution in [0.25, 0.3) is 0 Å². The van der Waals surface area contributed by atoms with E-state index in [9.17, 15) is 0 Å². The smallest absolute Gasteiger partial charge is 0.0576 e. The molecule has 1 unspecified atom stereocenters. The summed E-state index contributed by atoms with van der Waals surface area (Å²) >= 11 is 0. The fourth-order valence-corrected chi connectivity index (χ4v) is 2.11. The second kappa shape index (κ2) is 5.78. The van der Waals surface area contributed by atoms with E-state index < -0.39 is 0 Å². The Morgan fingerprint density at radius 3 is 2.83 bits per heavy atom. The Morgan fingerprint density at radius 1 is 1.39 bits per heavy atom. The number of aryl methyl sites for hydroxylation is 3. The van der Waals surface area contributed by atoms with Crippen LogP contribution in [0.2, 0.25) is 0 Å². The molecule has 1 atom stereocenters. The summed E-state index contributed by atoms with van der Waals surface area (Å²) in [7, 11) is 3.93. The first kappa shape index (κ1) is 12.8. The second-order valence-electron chi connectivity index (χ2n) is 4.61. The number of hydrogen-bond acceptors (Lipinski definition) is 3. The summed E-state index contributed by atoms with van der Waals surface area (Å²) in [6.45, 7) is 2.03. The average Bonchev–Trinajstić information content (AvgIpc) is 2.76. The van der Waals surface area contributed by atoms with Gasteiger partial charge in [-0.25, -0.2) is 0 Å². The van der Waals surface area contributed by atoms with Gasteiger partial charge in [0.2, 0.25) is 0 Å². The predicted molar refractivity (Wildman–Crippen MR) is 72.3 cm³/mol. The van der Waals surface area contributed by atoms with Crippen molar-refractivity contribution in [2.24, 2.45) is 7.05 Å². The lowest BCUT2D eigenvalue weighted by Crippen LogP contribution is -2.18. The molecule has 2 heterocycles. The molecule has 2 rings (SSSR count). The summed E-state index contributed by atoms with van der Waals surface area (Å²) in [6, 6.07) is 6.46. The Kier molecular flexibility index (Phi) is 4.10. The van der Waals surface area contributed by atoms with Gasteiger partial charge in [0.05, 0.1) is 11.9 Å². The van der Waals surface area contributed by atoms with Crippen LogP contribution in [0.15, 0.2) is 30.6 Å². The lowest BCUT2D eigenvalue weighted by Gasteiger charge is -2.15. The largest absolute Gasteiger partial charge is 0.312 e. The van der Waals surface area contributed by atoms with Gasteiger partial charge < -0.3 is 5.32 Å². The highest BCUT2D eigenvalue weighted by Crippen LogP contribution is 2.17. The molecule has 4 nitrogen and oxygen atoms in total. The molecular weight excluding hydrogens is 224 g/mol. The van der Waals surface area contributed by atoms with Crippen molar-refractivity contribution in [3.05, 3.63) is 47.5 Å². The molecule has 0 aromatic carbocycles. The molecule has 96 valence electrons. The van der Waals surface area contributed by atoms with Crippen LogP contribution < -0.4 is 5.32 Å². The summed E-state index contributed by atoms with van der Waals surface area (Å²) in [6.07, 6.45) is 6.03. The molecule has 4 heteroatoms. The number of pyridine rings is 1. The molecule has 0 radical (unpaired) electrons. The maximum Gasteiger partial charge on any atom is 0.0576 e. The van der Waals surface area contributed by atoms with E-state index in [1.807, 2.05) is 38.0 Å². The quantitative estimate of drug-likeness (QED) is 0.875. The summed E-state index contributed by atoms with van der Waals surface area (Å²) in [5, 5.41) is 7.52. The number of aromatic nitrogens is 3. The topological polar surface area (TPSA) is 42.7 Å². The summed E-state index contributed by atoms with van der Waals surface area (Å²) in [4.78, 5) is 4.58. The van der Waals surface area contributed by atoms with Crippen LogP contribution in [0.4, 0.5) is 0 Å². The third-order valence-electron chi connectivity index (χ3n) is 3.10. The number of hydrogen-bond donors (Lipinski definition) is 1. The minimum absolute atomic E-state index is 0.296. The number of nitrogens with zero attached hydrogens (tertiary/aromatic N) is 3. The van der Waals surface area contributed by atoms with Crippen LogP contribution in [0.5, 0.6) is 0 Å². The SMILES string of the molecule is CNC(CCc1cnn(C)c1)c1cccc(C)n1. The fraction of sp³-hybridized carbons (Fsp3) is 0.429. The van der Waals surface area contributed by atoms with Crippen molar-refractivity contribution in [1.29, 1.82) is 0 Å². The van der Waals surface area contributed by atoms with Crippen molar-refractivity contribution in [3.63, 3.8) is 0 Å². The van der Waals surface area contributed by atoms with Crippen LogP contribution in [0, 0.1) is 6.92 Å². The van der Waals surface area contributed by atoms with E-state index in [0.29, 0.717) is 6.04 Å². The standard InChI is InChI=1S/C14H20N4/c1-11-5-4-6-14(17-11)13(15-2)8-7-12-9-16-18(3)10-12/h4-6,9-10,13,15H,7-8H2,1-3H3. The molecule has 0 spiro atoms. The first-order valence-electron chi connectivity index (χ1n) is 6.27. The monoisotopic (exact) mass is 244 g/mol. The lowest BCUT2D eigenvalue weighted by molar-refractivity contribution is 0.534. The Labute approximate surface area is 108 Å². The van der Waals surface area contributed by atoms with Gasteiger partial charge in [0, 0.05) is 25.0 Å². The van der Waals surface area contributed by atoms with Gasteiger partial charge >= 0.3 is 0 Å². The molecule has 1 N–H and O–H groups in total. The second-order valence-corrected chi connectivity index (χ2v) is 4.61. The molecule has 18 heavy (non-hydrogen) atoms. The Morgan fingerprint density at radius 2 is 2.22 bits per heavy atom. The normalized spacial score (nSPS) is 12.6. The van der Waals surface area contributed by atoms with E-state index in [-0.39, 0.29) is 0 Å². The van der Waals surface area contributed by atoms with Crippen LogP contribution in [0.3, 0.4) is 0 Å². The van der Waals surface area contributed by atoms with Gasteiger partial charge in [0.15, 0.2) is 0 Å². The van der Waals surface area contributed by atoms with Crippen LogP contribution >= 0.6 is 0 Å². The van der Waals surface area contributed by atoms with E-state index in [1.165, 1.54) is 5.56 Å². The number of rotatable bonds is 5. The van der Waals surface area contributed by atoms with E-state index >= 15 is 0 Å². The molecule has 0 fully saturated rings. The van der Waals surface area contributed by atoms with Crippen molar-refractivity contribution < 1.29 is 0 Å². The molecule has 0 aliphatic rings. The zero-order chi connectivity index (χ0) is 13.0. The molecule has 0 saturated carbocycles. The van der Waals surface area contributed by atoms with Gasteiger partial charge in [0.25, 0.3) is 0 Å². The molecule has 0 bridgehead atoms. The van der Waals surface area contributed by atoms with Crippen molar-refractivity contribution in [2.75, 3.05) is 7.05 Å². The van der Waals surface area contributed by atoms with E-state index in [1.54, 1.807) is 0 Å². The van der Waals surface area contributed by atoms with Crippen molar-refractivity contribution in [3.8, 4) is 0 Å². The molecular formula is C14H20N4. The third-order valence-corrected chi connectivity index (χ3v) is 3.10. The van der Waals surface area contributed by atoms with Crippen LogP contribution in [-0.2, 0) is 13.5 Å². The lowest BCUT2D eigenvalue weighted by atomic mass is 10.0. The minimum Gasteiger partial charge on any atom is -0.312 e. The molecule has 2 aromatic rings. The molecule has 0 aliphatic heterocycles. The van der Waals surface area contributed by atoms with Crippen molar-refractivity contribution >= 4 is 0 Å². The van der Waals surface area contributed by atoms with Gasteiger partial charge in [-0.05, 0) is 44.5 Å². The van der Waals surface area contributed by atoms with Crippen molar-refractivity contribution in [1.82, 2.24) is 20.1 Å². The fourth-order valence-electron chi connectivity index (χ4n) is 2.11. The van der Waals surface area contributed by atoms with Crippen LogP contribution in [-0.4, -0.2) is 21.8 Å². The Hall–Kier alpha value is -1.68. The molecule has 0 amide bonds. The zero-order valence-corrected chi connectivity index (χ0v) is 11.2. The van der Waals surface area contributed by atoms with E-state index in [2.05, 4.69) is 33.7 Å². The van der Waals surface area contributed by atoms with Gasteiger partial charge in [-0.2, -0.15) is 5.10 Å². The molecule has 0 saturated heterocycles. The minimum atomic E-state index is 0.296. The highest BCUT2D eigenvalue weighted by Gasteiger charge is 2.11. The van der Waals surface area contributed by atoms with Gasteiger partial charge in [0.1, 0.15) is 0 Å². The predicted octanol–water partition coefficient (Wildman–Crippen LogP) is 2.02. The zero-order valence-electron chi connectivity index (χ0n) is 11.2. The maximum atomic E-state index is 4.58. The Balaban J connectivity index is 2.01. The van der Waals surface area contributed by atoms with Crippen molar-refractivity contribution in [2.45, 2.75) is 25.8 Å². The third kappa shape index (κ3) is 3.17. The summed E-state index contributed by atoms with van der Waals surface area (Å²) in [5.41, 5.74) is 3.45. The average molecular weight is 244 g/mol. The maximum absolute atomic E-state index is 4.58. The van der Waals surface area contributed by atoms with Crippen LogP contribution in [0.1, 0.15) is 29.4 Å². The summed E-state index contributed by atoms with van der Waals surface area (Å²) in [5.74, 6) is 0. The van der Waals surface area contributed by atoms with E-state index in [4.69, 9.17) is 0 Å². The summed E-state index contributed by atoms with van der Waals surface area (Å²) < 4.78 is 1.84. The van der Waals surface area contributed by atoms with Gasteiger partial charge in [-0.15, -0.1) is 0 Å². The van der Waals surface area contributed by atoms with Gasteiger partial charge in [-0.1, -0.05) is 6.07 Å². The van der Waals surface area contributed by atoms with E-state index in [0.717, 1.165) is 24.2 Å². The van der Waals surface area contributed by atoms with Gasteiger partial charge in [-0.3, -0.25) is 9.67 Å². The molecule has 0 aliphatic carbocycles. The first-order chi connectivity index (χ1) is 8.69. The molecule has 2 aromatic heterocycles. The number of nitrogens with one attached hydrogen (secondary N) is 1. The highest BCUT2D eigenvalue weighted by atomic mass is 15.2. The Bertz CT molecular complexity index is 504. The first-order valence-corrected chi connectivity index (χ1v) is 6.27.